The Bertz CT molecular complexity index is 324. The van der Waals surface area contributed by atoms with Crippen LogP contribution in [0.5, 0.6) is 0 Å². The lowest BCUT2D eigenvalue weighted by molar-refractivity contribution is 0.112. The average Bonchev–Trinajstić information content (AvgIpc) is 2.30. The van der Waals surface area contributed by atoms with E-state index in [0.717, 1.165) is 36.7 Å². The van der Waals surface area contributed by atoms with E-state index in [1.54, 1.807) is 12.3 Å². The Morgan fingerprint density at radius 1 is 1.43 bits per heavy atom. The van der Waals surface area contributed by atoms with E-state index in [2.05, 4.69) is 9.88 Å². The minimum Gasteiger partial charge on any atom is -0.354 e. The van der Waals surface area contributed by atoms with E-state index in [1.807, 2.05) is 17.8 Å². The Morgan fingerprint density at radius 3 is 2.93 bits per heavy atom. The van der Waals surface area contributed by atoms with Crippen LogP contribution in [0.4, 0.5) is 5.82 Å². The van der Waals surface area contributed by atoms with Crippen LogP contribution in [0, 0.1) is 0 Å². The van der Waals surface area contributed by atoms with Gasteiger partial charge in [-0.3, -0.25) is 4.79 Å². The van der Waals surface area contributed by atoms with Crippen molar-refractivity contribution >= 4 is 23.9 Å². The third kappa shape index (κ3) is 1.90. The normalized spacial score (nSPS) is 16.7. The molecule has 0 atom stereocenters. The molecule has 0 saturated carbocycles. The van der Waals surface area contributed by atoms with Gasteiger partial charge in [0.15, 0.2) is 6.29 Å². The first kappa shape index (κ1) is 9.52. The number of nitrogens with zero attached hydrogens (tertiary/aromatic N) is 2. The Labute approximate surface area is 87.5 Å². The molecule has 1 fully saturated rings. The smallest absolute Gasteiger partial charge is 0.153 e. The number of carbonyl (C=O) groups excluding carboxylic acids is 1. The molecule has 4 heteroatoms. The monoisotopic (exact) mass is 208 g/mol. The van der Waals surface area contributed by atoms with Crippen LogP contribution in [0.15, 0.2) is 18.3 Å². The van der Waals surface area contributed by atoms with Crippen LogP contribution in [-0.2, 0) is 0 Å². The third-order valence-corrected chi connectivity index (χ3v) is 3.20. The van der Waals surface area contributed by atoms with Gasteiger partial charge in [0.05, 0.1) is 5.56 Å². The Morgan fingerprint density at radius 2 is 2.21 bits per heavy atom. The molecule has 3 nitrogen and oxygen atoms in total. The van der Waals surface area contributed by atoms with Crippen LogP contribution in [0.2, 0.25) is 0 Å². The molecule has 1 aromatic heterocycles. The van der Waals surface area contributed by atoms with Crippen molar-refractivity contribution < 1.29 is 4.79 Å². The van der Waals surface area contributed by atoms with Crippen LogP contribution in [0.1, 0.15) is 10.4 Å². The zero-order valence-electron chi connectivity index (χ0n) is 7.85. The molecule has 0 amide bonds. The van der Waals surface area contributed by atoms with Crippen LogP contribution in [0.25, 0.3) is 0 Å². The van der Waals surface area contributed by atoms with E-state index >= 15 is 0 Å². The summed E-state index contributed by atoms with van der Waals surface area (Å²) in [5.74, 6) is 3.08. The molecule has 1 aliphatic rings. The minimum atomic E-state index is 0.694. The largest absolute Gasteiger partial charge is 0.354 e. The van der Waals surface area contributed by atoms with Crippen molar-refractivity contribution in [2.24, 2.45) is 0 Å². The summed E-state index contributed by atoms with van der Waals surface area (Å²) in [7, 11) is 0. The summed E-state index contributed by atoms with van der Waals surface area (Å²) in [6.07, 6.45) is 2.62. The summed E-state index contributed by atoms with van der Waals surface area (Å²) >= 11 is 1.95. The van der Waals surface area contributed by atoms with Gasteiger partial charge in [0.2, 0.25) is 0 Å². The van der Waals surface area contributed by atoms with E-state index in [4.69, 9.17) is 0 Å². The highest BCUT2D eigenvalue weighted by Crippen LogP contribution is 2.19. The number of aromatic nitrogens is 1. The highest BCUT2D eigenvalue weighted by Gasteiger charge is 2.14. The van der Waals surface area contributed by atoms with Crippen molar-refractivity contribution in [3.05, 3.63) is 23.9 Å². The molecule has 0 aromatic carbocycles. The standard InChI is InChI=1S/C10H12N2OS/c13-8-9-2-1-3-11-10(9)12-4-6-14-7-5-12/h1-3,8H,4-7H2. The molecule has 2 heterocycles. The van der Waals surface area contributed by atoms with E-state index in [0.29, 0.717) is 5.56 Å². The predicted molar refractivity (Wildman–Crippen MR) is 59.2 cm³/mol. The predicted octanol–water partition coefficient (Wildman–Crippen LogP) is 1.45. The molecule has 0 spiro atoms. The second-order valence-corrected chi connectivity index (χ2v) is 4.36. The highest BCUT2D eigenvalue weighted by molar-refractivity contribution is 7.99. The number of hydrogen-bond donors (Lipinski definition) is 0. The van der Waals surface area contributed by atoms with Crippen molar-refractivity contribution in [1.29, 1.82) is 0 Å². The topological polar surface area (TPSA) is 33.2 Å². The van der Waals surface area contributed by atoms with Crippen LogP contribution in [0.3, 0.4) is 0 Å². The molecule has 0 radical (unpaired) electrons. The second-order valence-electron chi connectivity index (χ2n) is 3.13. The van der Waals surface area contributed by atoms with Gasteiger partial charge < -0.3 is 4.90 Å². The van der Waals surface area contributed by atoms with Crippen molar-refractivity contribution in [2.45, 2.75) is 0 Å². The lowest BCUT2D eigenvalue weighted by Crippen LogP contribution is -2.33. The van der Waals surface area contributed by atoms with Gasteiger partial charge >= 0.3 is 0 Å². The van der Waals surface area contributed by atoms with Crippen molar-refractivity contribution in [2.75, 3.05) is 29.5 Å². The maximum atomic E-state index is 10.8. The van der Waals surface area contributed by atoms with E-state index < -0.39 is 0 Å². The van der Waals surface area contributed by atoms with Gasteiger partial charge in [-0.15, -0.1) is 0 Å². The van der Waals surface area contributed by atoms with Crippen LogP contribution in [-0.4, -0.2) is 35.9 Å². The number of thioether (sulfide) groups is 1. The first-order valence-corrected chi connectivity index (χ1v) is 5.80. The molecular weight excluding hydrogens is 196 g/mol. The van der Waals surface area contributed by atoms with Gasteiger partial charge in [0, 0.05) is 30.8 Å². The van der Waals surface area contributed by atoms with Crippen molar-refractivity contribution in [3.63, 3.8) is 0 Å². The van der Waals surface area contributed by atoms with Gasteiger partial charge in [0.1, 0.15) is 5.82 Å². The Balaban J connectivity index is 2.24. The lowest BCUT2D eigenvalue weighted by Gasteiger charge is -2.28. The average molecular weight is 208 g/mol. The van der Waals surface area contributed by atoms with Gasteiger partial charge in [-0.25, -0.2) is 4.98 Å². The SMILES string of the molecule is O=Cc1cccnc1N1CCSCC1. The quantitative estimate of drug-likeness (QED) is 0.689. The van der Waals surface area contributed by atoms with E-state index in [-0.39, 0.29) is 0 Å². The fraction of sp³-hybridized carbons (Fsp3) is 0.400. The molecule has 0 aliphatic carbocycles. The summed E-state index contributed by atoms with van der Waals surface area (Å²) in [6, 6.07) is 3.61. The molecule has 74 valence electrons. The molecular formula is C10H12N2OS. The maximum Gasteiger partial charge on any atom is 0.153 e. The first-order valence-electron chi connectivity index (χ1n) is 4.64. The van der Waals surface area contributed by atoms with Crippen molar-refractivity contribution in [1.82, 2.24) is 4.98 Å². The number of rotatable bonds is 2. The molecule has 14 heavy (non-hydrogen) atoms. The maximum absolute atomic E-state index is 10.8. The number of hydrogen-bond acceptors (Lipinski definition) is 4. The number of pyridine rings is 1. The van der Waals surface area contributed by atoms with Gasteiger partial charge in [-0.1, -0.05) is 0 Å². The third-order valence-electron chi connectivity index (χ3n) is 2.25. The number of carbonyl (C=O) groups is 1. The minimum absolute atomic E-state index is 0.694. The van der Waals surface area contributed by atoms with E-state index in [1.165, 1.54) is 0 Å². The molecule has 0 unspecified atom stereocenters. The summed E-state index contributed by atoms with van der Waals surface area (Å²) in [5.41, 5.74) is 0.694. The molecule has 0 bridgehead atoms. The Hall–Kier alpha value is -1.03. The lowest BCUT2D eigenvalue weighted by atomic mass is 10.2. The summed E-state index contributed by atoms with van der Waals surface area (Å²) in [5, 5.41) is 0. The number of anilines is 1. The summed E-state index contributed by atoms with van der Waals surface area (Å²) < 4.78 is 0. The van der Waals surface area contributed by atoms with Crippen LogP contribution >= 0.6 is 11.8 Å². The molecule has 2 rings (SSSR count). The molecule has 1 aliphatic heterocycles. The zero-order chi connectivity index (χ0) is 9.80. The van der Waals surface area contributed by atoms with Crippen LogP contribution < -0.4 is 4.90 Å². The fourth-order valence-electron chi connectivity index (χ4n) is 1.54. The molecule has 1 aromatic rings. The fourth-order valence-corrected chi connectivity index (χ4v) is 2.44. The first-order chi connectivity index (χ1) is 6.92. The summed E-state index contributed by atoms with van der Waals surface area (Å²) in [4.78, 5) is 17.2. The molecule has 1 saturated heterocycles. The zero-order valence-corrected chi connectivity index (χ0v) is 8.67. The second kappa shape index (κ2) is 4.46. The highest BCUT2D eigenvalue weighted by atomic mass is 32.2. The van der Waals surface area contributed by atoms with Crippen molar-refractivity contribution in [3.8, 4) is 0 Å². The Kier molecular flexibility index (Phi) is 3.03. The van der Waals surface area contributed by atoms with Gasteiger partial charge in [0.25, 0.3) is 0 Å². The van der Waals surface area contributed by atoms with Gasteiger partial charge in [-0.05, 0) is 12.1 Å². The molecule has 0 N–H and O–H groups in total. The summed E-state index contributed by atoms with van der Waals surface area (Å²) in [6.45, 7) is 1.98. The van der Waals surface area contributed by atoms with E-state index in [9.17, 15) is 4.79 Å². The number of aldehydes is 1. The van der Waals surface area contributed by atoms with Gasteiger partial charge in [-0.2, -0.15) is 11.8 Å².